The second kappa shape index (κ2) is 9.23. The summed E-state index contributed by atoms with van der Waals surface area (Å²) in [5.41, 5.74) is 3.76. The number of aryl methyl sites for hydroxylation is 1. The third-order valence-corrected chi connectivity index (χ3v) is 7.49. The van der Waals surface area contributed by atoms with E-state index in [9.17, 15) is 14.9 Å². The molecule has 6 nitrogen and oxygen atoms in total. The molecule has 1 unspecified atom stereocenters. The average Bonchev–Trinajstić information content (AvgIpc) is 2.81. The Morgan fingerprint density at radius 2 is 1.85 bits per heavy atom. The molecule has 1 atom stereocenters. The molecule has 34 heavy (non-hydrogen) atoms. The minimum absolute atomic E-state index is 0.0137. The van der Waals surface area contributed by atoms with Gasteiger partial charge in [0.1, 0.15) is 0 Å². The second-order valence-electron chi connectivity index (χ2n) is 10.2. The van der Waals surface area contributed by atoms with Gasteiger partial charge in [0.2, 0.25) is 5.91 Å². The zero-order valence-corrected chi connectivity index (χ0v) is 20.8. The lowest BCUT2D eigenvalue weighted by atomic mass is 9.66. The third kappa shape index (κ3) is 3.99. The average molecular weight is 459 g/mol. The SMILES string of the molecule is Cc1ccc(CN2CCC3(CC2)C(C(=O)N(C)C)c2ccccc2C(=O)N3C(C)C)cc1C#N. The number of rotatable bonds is 4. The van der Waals surface area contributed by atoms with Crippen LogP contribution in [0.15, 0.2) is 42.5 Å². The van der Waals surface area contributed by atoms with E-state index in [1.54, 1.807) is 19.0 Å². The van der Waals surface area contributed by atoms with Crippen molar-refractivity contribution in [3.05, 3.63) is 70.3 Å². The summed E-state index contributed by atoms with van der Waals surface area (Å²) in [4.78, 5) is 33.4. The molecule has 0 N–H and O–H groups in total. The van der Waals surface area contributed by atoms with Gasteiger partial charge in [0.05, 0.1) is 23.1 Å². The van der Waals surface area contributed by atoms with Crippen molar-refractivity contribution in [2.75, 3.05) is 27.2 Å². The van der Waals surface area contributed by atoms with Crippen molar-refractivity contribution in [3.8, 4) is 6.07 Å². The molecule has 2 heterocycles. The fourth-order valence-electron chi connectivity index (χ4n) is 5.85. The lowest BCUT2D eigenvalue weighted by molar-refractivity contribution is -0.136. The van der Waals surface area contributed by atoms with Crippen LogP contribution in [0.5, 0.6) is 0 Å². The Morgan fingerprint density at radius 3 is 2.47 bits per heavy atom. The lowest BCUT2D eigenvalue weighted by Crippen LogP contribution is -2.66. The van der Waals surface area contributed by atoms with Crippen molar-refractivity contribution in [2.45, 2.75) is 57.7 Å². The minimum atomic E-state index is -0.553. The lowest BCUT2D eigenvalue weighted by Gasteiger charge is -2.57. The van der Waals surface area contributed by atoms with Crippen molar-refractivity contribution in [1.29, 1.82) is 5.26 Å². The zero-order chi connectivity index (χ0) is 24.6. The van der Waals surface area contributed by atoms with E-state index in [0.717, 1.165) is 49.2 Å². The summed E-state index contributed by atoms with van der Waals surface area (Å²) in [5, 5.41) is 9.39. The van der Waals surface area contributed by atoms with E-state index in [1.807, 2.05) is 62.1 Å². The van der Waals surface area contributed by atoms with Crippen LogP contribution in [0, 0.1) is 18.3 Å². The minimum Gasteiger partial charge on any atom is -0.348 e. The van der Waals surface area contributed by atoms with Crippen LogP contribution in [0.4, 0.5) is 0 Å². The van der Waals surface area contributed by atoms with Crippen molar-refractivity contribution < 1.29 is 9.59 Å². The summed E-state index contributed by atoms with van der Waals surface area (Å²) in [6.07, 6.45) is 1.46. The molecule has 6 heteroatoms. The van der Waals surface area contributed by atoms with Crippen molar-refractivity contribution in [1.82, 2.24) is 14.7 Å². The molecule has 1 saturated heterocycles. The zero-order valence-electron chi connectivity index (χ0n) is 20.8. The summed E-state index contributed by atoms with van der Waals surface area (Å²) in [7, 11) is 3.60. The van der Waals surface area contributed by atoms with Gasteiger partial charge in [0.25, 0.3) is 5.91 Å². The molecular weight excluding hydrogens is 424 g/mol. The highest BCUT2D eigenvalue weighted by Gasteiger charge is 2.56. The number of fused-ring (bicyclic) bond motifs is 1. The Kier molecular flexibility index (Phi) is 6.51. The van der Waals surface area contributed by atoms with Gasteiger partial charge in [-0.3, -0.25) is 14.5 Å². The van der Waals surface area contributed by atoms with Crippen molar-refractivity contribution in [2.24, 2.45) is 0 Å². The molecular formula is C28H34N4O2. The molecule has 0 bridgehead atoms. The van der Waals surface area contributed by atoms with E-state index < -0.39 is 5.54 Å². The predicted octanol–water partition coefficient (Wildman–Crippen LogP) is 3.94. The van der Waals surface area contributed by atoms with Crippen molar-refractivity contribution in [3.63, 3.8) is 0 Å². The Hall–Kier alpha value is -3.17. The number of hydrogen-bond acceptors (Lipinski definition) is 4. The van der Waals surface area contributed by atoms with Gasteiger partial charge >= 0.3 is 0 Å². The summed E-state index contributed by atoms with van der Waals surface area (Å²) in [5.74, 6) is -0.305. The fourth-order valence-corrected chi connectivity index (χ4v) is 5.85. The number of piperidine rings is 1. The number of nitriles is 1. The standard InChI is InChI=1S/C28H34N4O2/c1-19(2)32-26(33)24-9-7-6-8-23(24)25(27(34)30(4)5)28(32)12-14-31(15-13-28)18-21-11-10-20(3)22(16-21)17-29/h6-11,16,19,25H,12-15,18H2,1-5H3. The molecule has 2 aromatic carbocycles. The molecule has 0 saturated carbocycles. The normalized spacial score (nSPS) is 19.7. The third-order valence-electron chi connectivity index (χ3n) is 7.49. The van der Waals surface area contributed by atoms with Gasteiger partial charge in [-0.1, -0.05) is 30.3 Å². The van der Waals surface area contributed by atoms with Gasteiger partial charge in [-0.05, 0) is 62.4 Å². The smallest absolute Gasteiger partial charge is 0.254 e. The van der Waals surface area contributed by atoms with E-state index in [0.29, 0.717) is 11.1 Å². The van der Waals surface area contributed by atoms with Crippen LogP contribution < -0.4 is 0 Å². The molecule has 178 valence electrons. The molecule has 1 spiro atoms. The highest BCUT2D eigenvalue weighted by Crippen LogP contribution is 2.48. The fraction of sp³-hybridized carbons (Fsp3) is 0.464. The Labute approximate surface area is 202 Å². The molecule has 0 aliphatic carbocycles. The number of benzene rings is 2. The van der Waals surface area contributed by atoms with E-state index in [-0.39, 0.29) is 23.8 Å². The molecule has 0 radical (unpaired) electrons. The number of likely N-dealkylation sites (N-methyl/N-ethyl adjacent to an activating group) is 1. The predicted molar refractivity (Wildman–Crippen MR) is 132 cm³/mol. The van der Waals surface area contributed by atoms with Gasteiger partial charge in [-0.15, -0.1) is 0 Å². The van der Waals surface area contributed by atoms with Crippen molar-refractivity contribution >= 4 is 11.8 Å². The number of nitrogens with zero attached hydrogens (tertiary/aromatic N) is 4. The maximum Gasteiger partial charge on any atom is 0.254 e. The van der Waals surface area contributed by atoms with Crippen LogP contribution >= 0.6 is 0 Å². The topological polar surface area (TPSA) is 67.7 Å². The highest BCUT2D eigenvalue weighted by atomic mass is 16.2. The summed E-state index contributed by atoms with van der Waals surface area (Å²) >= 11 is 0. The van der Waals surface area contributed by atoms with E-state index >= 15 is 0 Å². The second-order valence-corrected chi connectivity index (χ2v) is 10.2. The quantitative estimate of drug-likeness (QED) is 0.696. The van der Waals surface area contributed by atoms with E-state index in [1.165, 1.54) is 0 Å². The van der Waals surface area contributed by atoms with Crippen LogP contribution in [0.3, 0.4) is 0 Å². The van der Waals surface area contributed by atoms with Crippen LogP contribution in [0.2, 0.25) is 0 Å². The molecule has 2 aliphatic heterocycles. The van der Waals surface area contributed by atoms with Crippen LogP contribution in [-0.4, -0.2) is 65.3 Å². The first-order chi connectivity index (χ1) is 16.2. The molecule has 2 amide bonds. The first kappa shape index (κ1) is 24.0. The maximum atomic E-state index is 13.7. The van der Waals surface area contributed by atoms with E-state index in [4.69, 9.17) is 0 Å². The summed E-state index contributed by atoms with van der Waals surface area (Å²) in [6.45, 7) is 8.37. The number of amides is 2. The number of carbonyl (C=O) groups excluding carboxylic acids is 2. The van der Waals surface area contributed by atoms with E-state index in [2.05, 4.69) is 17.0 Å². The number of likely N-dealkylation sites (tertiary alicyclic amines) is 1. The first-order valence-corrected chi connectivity index (χ1v) is 12.1. The molecule has 0 aromatic heterocycles. The molecule has 2 aromatic rings. The van der Waals surface area contributed by atoms with Gasteiger partial charge in [0, 0.05) is 45.3 Å². The highest BCUT2D eigenvalue weighted by molar-refractivity contribution is 6.02. The van der Waals surface area contributed by atoms with Crippen LogP contribution in [0.1, 0.15) is 65.2 Å². The van der Waals surface area contributed by atoms with Gasteiger partial charge < -0.3 is 9.80 Å². The maximum absolute atomic E-state index is 13.7. The Balaban J connectivity index is 1.68. The molecule has 4 rings (SSSR count). The summed E-state index contributed by atoms with van der Waals surface area (Å²) < 4.78 is 0. The van der Waals surface area contributed by atoms with Crippen LogP contribution in [-0.2, 0) is 11.3 Å². The van der Waals surface area contributed by atoms with Gasteiger partial charge in [-0.2, -0.15) is 5.26 Å². The Bertz CT molecular complexity index is 1140. The van der Waals surface area contributed by atoms with Gasteiger partial charge in [0.15, 0.2) is 0 Å². The summed E-state index contributed by atoms with van der Waals surface area (Å²) in [6, 6.07) is 15.9. The monoisotopic (exact) mass is 458 g/mol. The first-order valence-electron chi connectivity index (χ1n) is 12.1. The van der Waals surface area contributed by atoms with Gasteiger partial charge in [-0.25, -0.2) is 0 Å². The van der Waals surface area contributed by atoms with Crippen LogP contribution in [0.25, 0.3) is 0 Å². The molecule has 2 aliphatic rings. The Morgan fingerprint density at radius 1 is 1.18 bits per heavy atom. The number of carbonyl (C=O) groups is 2. The number of hydrogen-bond donors (Lipinski definition) is 0. The largest absolute Gasteiger partial charge is 0.348 e. The molecule has 1 fully saturated rings.